The van der Waals surface area contributed by atoms with Gasteiger partial charge < -0.3 is 5.32 Å². The summed E-state index contributed by atoms with van der Waals surface area (Å²) in [6, 6.07) is 12.6. The number of nitrogens with one attached hydrogen (secondary N) is 2. The van der Waals surface area contributed by atoms with Crippen LogP contribution in [0.4, 0.5) is 5.69 Å². The Morgan fingerprint density at radius 3 is 2.64 bits per heavy atom. The Morgan fingerprint density at radius 1 is 1.07 bits per heavy atom. The second-order valence-corrected chi connectivity index (χ2v) is 8.82. The molecule has 1 aliphatic carbocycles. The molecule has 2 N–H and O–H groups in total. The van der Waals surface area contributed by atoms with Crippen LogP contribution >= 0.6 is 11.6 Å². The number of benzene rings is 2. The number of sulfonamides is 1. The van der Waals surface area contributed by atoms with Gasteiger partial charge in [0.05, 0.1) is 15.6 Å². The molecule has 3 rings (SSSR count). The topological polar surface area (TPSA) is 75.3 Å². The lowest BCUT2D eigenvalue weighted by molar-refractivity contribution is 0.0954. The third-order valence-corrected chi connectivity index (χ3v) is 6.33. The van der Waals surface area contributed by atoms with Crippen LogP contribution in [-0.4, -0.2) is 20.9 Å². The van der Waals surface area contributed by atoms with Crippen molar-refractivity contribution in [3.05, 3.63) is 70.8 Å². The predicted molar refractivity (Wildman–Crippen MR) is 112 cm³/mol. The van der Waals surface area contributed by atoms with Gasteiger partial charge in [-0.25, -0.2) is 8.42 Å². The van der Waals surface area contributed by atoms with Crippen molar-refractivity contribution in [2.24, 2.45) is 0 Å². The van der Waals surface area contributed by atoms with Crippen LogP contribution in [0.3, 0.4) is 0 Å². The molecular formula is C21H23ClN2O3S. The second-order valence-electron chi connectivity index (χ2n) is 6.73. The molecule has 7 heteroatoms. The number of rotatable bonds is 7. The van der Waals surface area contributed by atoms with Crippen LogP contribution in [0.15, 0.2) is 65.1 Å². The molecule has 0 fully saturated rings. The van der Waals surface area contributed by atoms with Crippen molar-refractivity contribution in [2.75, 3.05) is 11.3 Å². The molecule has 0 bridgehead atoms. The summed E-state index contributed by atoms with van der Waals surface area (Å²) in [5.74, 6) is -0.286. The molecule has 0 aliphatic heterocycles. The van der Waals surface area contributed by atoms with E-state index >= 15 is 0 Å². The van der Waals surface area contributed by atoms with E-state index in [1.54, 1.807) is 36.4 Å². The maximum Gasteiger partial charge on any atom is 0.261 e. The molecule has 148 valence electrons. The summed E-state index contributed by atoms with van der Waals surface area (Å²) < 4.78 is 27.7. The smallest absolute Gasteiger partial charge is 0.261 e. The fourth-order valence-electron chi connectivity index (χ4n) is 3.12. The maximum absolute atomic E-state index is 12.6. The third-order valence-electron chi connectivity index (χ3n) is 4.64. The average Bonchev–Trinajstić information content (AvgIpc) is 2.70. The van der Waals surface area contributed by atoms with Gasteiger partial charge in [-0.05, 0) is 62.4 Å². The molecular weight excluding hydrogens is 396 g/mol. The number of anilines is 1. The van der Waals surface area contributed by atoms with E-state index in [0.29, 0.717) is 22.8 Å². The summed E-state index contributed by atoms with van der Waals surface area (Å²) in [4.78, 5) is 12.4. The van der Waals surface area contributed by atoms with Gasteiger partial charge in [0, 0.05) is 12.1 Å². The van der Waals surface area contributed by atoms with Gasteiger partial charge in [0.15, 0.2) is 0 Å². The summed E-state index contributed by atoms with van der Waals surface area (Å²) in [5.41, 5.74) is 1.98. The molecule has 0 spiro atoms. The first-order valence-electron chi connectivity index (χ1n) is 9.29. The quantitative estimate of drug-likeness (QED) is 0.636. The largest absolute Gasteiger partial charge is 0.352 e. The molecule has 1 amide bonds. The minimum atomic E-state index is -3.85. The van der Waals surface area contributed by atoms with E-state index in [9.17, 15) is 13.2 Å². The monoisotopic (exact) mass is 418 g/mol. The van der Waals surface area contributed by atoms with Crippen LogP contribution < -0.4 is 10.0 Å². The lowest BCUT2D eigenvalue weighted by Gasteiger charge is -2.13. The first-order valence-corrected chi connectivity index (χ1v) is 11.2. The van der Waals surface area contributed by atoms with Crippen LogP contribution in [0.2, 0.25) is 5.02 Å². The number of hydrogen-bond acceptors (Lipinski definition) is 3. The van der Waals surface area contributed by atoms with E-state index in [2.05, 4.69) is 16.1 Å². The summed E-state index contributed by atoms with van der Waals surface area (Å²) in [5, 5.41) is 3.17. The van der Waals surface area contributed by atoms with Crippen molar-refractivity contribution in [1.29, 1.82) is 0 Å². The van der Waals surface area contributed by atoms with Crippen molar-refractivity contribution in [3.8, 4) is 0 Å². The SMILES string of the molecule is O=C(NCCC1=CCCCC1)c1cccc(S(=O)(=O)Nc2ccccc2Cl)c1. The number of halogens is 1. The van der Waals surface area contributed by atoms with Gasteiger partial charge in [-0.3, -0.25) is 9.52 Å². The maximum atomic E-state index is 12.6. The second kappa shape index (κ2) is 9.26. The van der Waals surface area contributed by atoms with Crippen molar-refractivity contribution in [2.45, 2.75) is 37.0 Å². The van der Waals surface area contributed by atoms with Gasteiger partial charge in [0.2, 0.25) is 0 Å². The highest BCUT2D eigenvalue weighted by Crippen LogP contribution is 2.24. The highest BCUT2D eigenvalue weighted by atomic mass is 35.5. The fraction of sp³-hybridized carbons (Fsp3) is 0.286. The normalized spacial score (nSPS) is 14.2. The zero-order chi connectivity index (χ0) is 20.0. The van der Waals surface area contributed by atoms with E-state index in [-0.39, 0.29) is 10.8 Å². The van der Waals surface area contributed by atoms with Gasteiger partial charge in [0.1, 0.15) is 0 Å². The molecule has 0 atom stereocenters. The first kappa shape index (κ1) is 20.4. The van der Waals surface area contributed by atoms with Crippen LogP contribution in [0.5, 0.6) is 0 Å². The standard InChI is InChI=1S/C21H23ClN2O3S/c22-19-11-4-5-12-20(19)24-28(26,27)18-10-6-9-17(15-18)21(25)23-14-13-16-7-2-1-3-8-16/h4-7,9-12,15,24H,1-3,8,13-14H2,(H,23,25). The van der Waals surface area contributed by atoms with E-state index in [1.165, 1.54) is 30.5 Å². The molecule has 1 aliphatic rings. The van der Waals surface area contributed by atoms with Gasteiger partial charge in [-0.2, -0.15) is 0 Å². The Kier molecular flexibility index (Phi) is 6.75. The molecule has 28 heavy (non-hydrogen) atoms. The Morgan fingerprint density at radius 2 is 1.89 bits per heavy atom. The highest BCUT2D eigenvalue weighted by molar-refractivity contribution is 7.92. The molecule has 0 saturated heterocycles. The van der Waals surface area contributed by atoms with Crippen LogP contribution in [0.1, 0.15) is 42.5 Å². The molecule has 5 nitrogen and oxygen atoms in total. The van der Waals surface area contributed by atoms with E-state index in [1.807, 2.05) is 0 Å². The lowest BCUT2D eigenvalue weighted by atomic mass is 9.97. The van der Waals surface area contributed by atoms with Crippen molar-refractivity contribution >= 4 is 33.2 Å². The van der Waals surface area contributed by atoms with Crippen LogP contribution in [0, 0.1) is 0 Å². The van der Waals surface area contributed by atoms with Gasteiger partial charge in [0.25, 0.3) is 15.9 Å². The third kappa shape index (κ3) is 5.36. The number of amides is 1. The molecule has 2 aromatic rings. The summed E-state index contributed by atoms with van der Waals surface area (Å²) in [6.07, 6.45) is 7.73. The number of carbonyl (C=O) groups is 1. The van der Waals surface area contributed by atoms with Crippen molar-refractivity contribution < 1.29 is 13.2 Å². The number of allylic oxidation sites excluding steroid dienone is 1. The molecule has 0 aromatic heterocycles. The Balaban J connectivity index is 1.66. The fourth-order valence-corrected chi connectivity index (χ4v) is 4.49. The summed E-state index contributed by atoms with van der Waals surface area (Å²) >= 11 is 6.03. The molecule has 2 aromatic carbocycles. The van der Waals surface area contributed by atoms with Gasteiger partial charge in [-0.1, -0.05) is 41.4 Å². The zero-order valence-corrected chi connectivity index (χ0v) is 17.0. The van der Waals surface area contributed by atoms with Crippen LogP contribution in [0.25, 0.3) is 0 Å². The van der Waals surface area contributed by atoms with Crippen LogP contribution in [-0.2, 0) is 10.0 Å². The molecule has 0 radical (unpaired) electrons. The Labute approximate surface area is 170 Å². The van der Waals surface area contributed by atoms with E-state index in [0.717, 1.165) is 19.3 Å². The predicted octanol–water partition coefficient (Wildman–Crippen LogP) is 4.76. The van der Waals surface area contributed by atoms with E-state index < -0.39 is 10.0 Å². The highest BCUT2D eigenvalue weighted by Gasteiger charge is 2.17. The number of hydrogen-bond donors (Lipinski definition) is 2. The minimum Gasteiger partial charge on any atom is -0.352 e. The molecule has 0 heterocycles. The van der Waals surface area contributed by atoms with E-state index in [4.69, 9.17) is 11.6 Å². The number of para-hydroxylation sites is 1. The molecule has 0 unspecified atom stereocenters. The first-order chi connectivity index (χ1) is 13.5. The Hall–Kier alpha value is -2.31. The van der Waals surface area contributed by atoms with Crippen molar-refractivity contribution in [1.82, 2.24) is 5.32 Å². The summed E-state index contributed by atoms with van der Waals surface area (Å²) in [7, 11) is -3.85. The summed E-state index contributed by atoms with van der Waals surface area (Å²) in [6.45, 7) is 0.541. The minimum absolute atomic E-state index is 0.00931. The average molecular weight is 419 g/mol. The number of carbonyl (C=O) groups excluding carboxylic acids is 1. The van der Waals surface area contributed by atoms with Gasteiger partial charge in [-0.15, -0.1) is 0 Å². The molecule has 0 saturated carbocycles. The van der Waals surface area contributed by atoms with Crippen molar-refractivity contribution in [3.63, 3.8) is 0 Å². The lowest BCUT2D eigenvalue weighted by Crippen LogP contribution is -2.25. The Bertz CT molecular complexity index is 987. The van der Waals surface area contributed by atoms with Gasteiger partial charge >= 0.3 is 0 Å². The zero-order valence-electron chi connectivity index (χ0n) is 15.4.